The molecule has 0 bridgehead atoms. The first-order chi connectivity index (χ1) is 10.4. The summed E-state index contributed by atoms with van der Waals surface area (Å²) in [5.74, 6) is 0.845. The highest BCUT2D eigenvalue weighted by Crippen LogP contribution is 2.32. The monoisotopic (exact) mass is 385 g/mol. The smallest absolute Gasteiger partial charge is 0.264 e. The third-order valence-electron chi connectivity index (χ3n) is 3.19. The van der Waals surface area contributed by atoms with E-state index in [0.717, 1.165) is 4.47 Å². The van der Waals surface area contributed by atoms with E-state index in [9.17, 15) is 8.42 Å². The van der Waals surface area contributed by atoms with Crippen LogP contribution in [0.15, 0.2) is 51.8 Å². The molecule has 2 aromatic carbocycles. The van der Waals surface area contributed by atoms with Gasteiger partial charge in [-0.15, -0.1) is 0 Å². The van der Waals surface area contributed by atoms with E-state index in [1.165, 1.54) is 37.7 Å². The molecule has 0 aliphatic heterocycles. The van der Waals surface area contributed by atoms with Gasteiger partial charge in [0.25, 0.3) is 10.0 Å². The molecule has 0 aliphatic carbocycles. The Balaban J connectivity index is 2.46. The zero-order chi connectivity index (χ0) is 16.3. The molecule has 5 nitrogen and oxygen atoms in total. The summed E-state index contributed by atoms with van der Waals surface area (Å²) in [6, 6.07) is 11.6. The van der Waals surface area contributed by atoms with Crippen LogP contribution < -0.4 is 13.8 Å². The molecule has 2 rings (SSSR count). The summed E-state index contributed by atoms with van der Waals surface area (Å²) >= 11 is 3.34. The van der Waals surface area contributed by atoms with Gasteiger partial charge in [0.2, 0.25) is 0 Å². The zero-order valence-corrected chi connectivity index (χ0v) is 14.8. The van der Waals surface area contributed by atoms with Crippen molar-refractivity contribution in [1.82, 2.24) is 0 Å². The fraction of sp³-hybridized carbons (Fsp3) is 0.200. The van der Waals surface area contributed by atoms with Gasteiger partial charge in [0.1, 0.15) is 0 Å². The van der Waals surface area contributed by atoms with Crippen LogP contribution in [-0.4, -0.2) is 29.7 Å². The van der Waals surface area contributed by atoms with Crippen LogP contribution in [0.4, 0.5) is 5.69 Å². The van der Waals surface area contributed by atoms with Crippen LogP contribution >= 0.6 is 15.9 Å². The van der Waals surface area contributed by atoms with Crippen LogP contribution in [0.3, 0.4) is 0 Å². The summed E-state index contributed by atoms with van der Waals surface area (Å²) in [5.41, 5.74) is 0.559. The highest BCUT2D eigenvalue weighted by atomic mass is 79.9. The highest BCUT2D eigenvalue weighted by molar-refractivity contribution is 9.10. The van der Waals surface area contributed by atoms with Crippen molar-refractivity contribution in [2.75, 3.05) is 25.6 Å². The lowest BCUT2D eigenvalue weighted by atomic mass is 10.3. The number of hydrogen-bond acceptors (Lipinski definition) is 4. The summed E-state index contributed by atoms with van der Waals surface area (Å²) in [6.45, 7) is 0. The number of methoxy groups -OCH3 is 2. The Labute approximate surface area is 138 Å². The van der Waals surface area contributed by atoms with E-state index in [1.54, 1.807) is 24.3 Å². The second-order valence-electron chi connectivity index (χ2n) is 4.47. The largest absolute Gasteiger partial charge is 0.493 e. The van der Waals surface area contributed by atoms with Gasteiger partial charge < -0.3 is 9.47 Å². The van der Waals surface area contributed by atoms with Crippen molar-refractivity contribution >= 4 is 31.6 Å². The van der Waals surface area contributed by atoms with Gasteiger partial charge in [0.05, 0.1) is 24.8 Å². The normalized spacial score (nSPS) is 11.1. The second-order valence-corrected chi connectivity index (χ2v) is 7.35. The Morgan fingerprint density at radius 1 is 1.00 bits per heavy atom. The second kappa shape index (κ2) is 6.58. The van der Waals surface area contributed by atoms with E-state index in [2.05, 4.69) is 15.9 Å². The van der Waals surface area contributed by atoms with E-state index >= 15 is 0 Å². The van der Waals surface area contributed by atoms with Gasteiger partial charge in [-0.1, -0.05) is 22.0 Å². The standard InChI is InChI=1S/C15H16BrNO4S/c1-17(12-6-4-5-11(16)9-12)22(18,19)13-7-8-14(20-2)15(10-13)21-3/h4-10H,1-3H3. The minimum absolute atomic E-state index is 0.132. The third kappa shape index (κ3) is 3.20. The minimum atomic E-state index is -3.69. The number of hydrogen-bond donors (Lipinski definition) is 0. The lowest BCUT2D eigenvalue weighted by Crippen LogP contribution is -2.26. The Kier molecular flexibility index (Phi) is 4.97. The molecule has 7 heteroatoms. The van der Waals surface area contributed by atoms with Gasteiger partial charge >= 0.3 is 0 Å². The Hall–Kier alpha value is -1.73. The number of ether oxygens (including phenoxy) is 2. The molecule has 0 aliphatic rings. The Morgan fingerprint density at radius 3 is 2.27 bits per heavy atom. The quantitative estimate of drug-likeness (QED) is 0.792. The number of halogens is 1. The van der Waals surface area contributed by atoms with Gasteiger partial charge in [0.15, 0.2) is 11.5 Å². The lowest BCUT2D eigenvalue weighted by molar-refractivity contribution is 0.354. The topological polar surface area (TPSA) is 55.8 Å². The molecular weight excluding hydrogens is 370 g/mol. The summed E-state index contributed by atoms with van der Waals surface area (Å²) < 4.78 is 37.8. The molecule has 0 saturated heterocycles. The van der Waals surface area contributed by atoms with Crippen molar-refractivity contribution in [3.05, 3.63) is 46.9 Å². The molecule has 0 N–H and O–H groups in total. The van der Waals surface area contributed by atoms with Crippen molar-refractivity contribution in [1.29, 1.82) is 0 Å². The average Bonchev–Trinajstić information content (AvgIpc) is 2.53. The molecule has 22 heavy (non-hydrogen) atoms. The molecule has 0 heterocycles. The summed E-state index contributed by atoms with van der Waals surface area (Å²) in [5, 5.41) is 0. The molecule has 0 unspecified atom stereocenters. The molecule has 0 radical (unpaired) electrons. The number of benzene rings is 2. The first-order valence-electron chi connectivity index (χ1n) is 6.36. The molecule has 2 aromatic rings. The minimum Gasteiger partial charge on any atom is -0.493 e. The summed E-state index contributed by atoms with van der Waals surface area (Å²) in [7, 11) is 0.783. The molecule has 0 fully saturated rings. The summed E-state index contributed by atoms with van der Waals surface area (Å²) in [6.07, 6.45) is 0. The maximum absolute atomic E-state index is 12.7. The van der Waals surface area contributed by atoms with Crippen molar-refractivity contribution in [2.45, 2.75) is 4.90 Å². The van der Waals surface area contributed by atoms with Gasteiger partial charge in [-0.25, -0.2) is 8.42 Å². The van der Waals surface area contributed by atoms with E-state index in [4.69, 9.17) is 9.47 Å². The van der Waals surface area contributed by atoms with E-state index in [-0.39, 0.29) is 4.90 Å². The van der Waals surface area contributed by atoms with Crippen molar-refractivity contribution in [3.63, 3.8) is 0 Å². The number of nitrogens with zero attached hydrogens (tertiary/aromatic N) is 1. The zero-order valence-electron chi connectivity index (χ0n) is 12.4. The van der Waals surface area contributed by atoms with Crippen LogP contribution in [-0.2, 0) is 10.0 Å². The van der Waals surface area contributed by atoms with Gasteiger partial charge in [0, 0.05) is 17.6 Å². The maximum atomic E-state index is 12.7. The highest BCUT2D eigenvalue weighted by Gasteiger charge is 2.23. The van der Waals surface area contributed by atoms with Crippen LogP contribution in [0.25, 0.3) is 0 Å². The fourth-order valence-corrected chi connectivity index (χ4v) is 3.54. The average molecular weight is 386 g/mol. The lowest BCUT2D eigenvalue weighted by Gasteiger charge is -2.20. The van der Waals surface area contributed by atoms with Crippen LogP contribution in [0.5, 0.6) is 11.5 Å². The van der Waals surface area contributed by atoms with Crippen molar-refractivity contribution in [2.24, 2.45) is 0 Å². The van der Waals surface area contributed by atoms with Crippen molar-refractivity contribution in [3.8, 4) is 11.5 Å². The number of sulfonamides is 1. The predicted octanol–water partition coefficient (Wildman–Crippen LogP) is 3.29. The third-order valence-corrected chi connectivity index (χ3v) is 5.46. The van der Waals surface area contributed by atoms with Crippen LogP contribution in [0.1, 0.15) is 0 Å². The molecular formula is C15H16BrNO4S. The fourth-order valence-electron chi connectivity index (χ4n) is 1.95. The predicted molar refractivity (Wildman–Crippen MR) is 89.3 cm³/mol. The van der Waals surface area contributed by atoms with Crippen LogP contribution in [0.2, 0.25) is 0 Å². The van der Waals surface area contributed by atoms with E-state index in [1.807, 2.05) is 6.07 Å². The maximum Gasteiger partial charge on any atom is 0.264 e. The first kappa shape index (κ1) is 16.6. The SMILES string of the molecule is COc1ccc(S(=O)(=O)N(C)c2cccc(Br)c2)cc1OC. The van der Waals surface area contributed by atoms with Crippen LogP contribution in [0, 0.1) is 0 Å². The molecule has 0 saturated carbocycles. The van der Waals surface area contributed by atoms with E-state index in [0.29, 0.717) is 17.2 Å². The van der Waals surface area contributed by atoms with E-state index < -0.39 is 10.0 Å². The Bertz CT molecular complexity index is 777. The van der Waals surface area contributed by atoms with Gasteiger partial charge in [-0.2, -0.15) is 0 Å². The molecule has 0 aromatic heterocycles. The molecule has 118 valence electrons. The number of rotatable bonds is 5. The first-order valence-corrected chi connectivity index (χ1v) is 8.60. The molecule has 0 spiro atoms. The Morgan fingerprint density at radius 2 is 1.68 bits per heavy atom. The molecule has 0 amide bonds. The van der Waals surface area contributed by atoms with Gasteiger partial charge in [-0.3, -0.25) is 4.31 Å². The van der Waals surface area contributed by atoms with Crippen molar-refractivity contribution < 1.29 is 17.9 Å². The van der Waals surface area contributed by atoms with Gasteiger partial charge in [-0.05, 0) is 30.3 Å². The number of anilines is 1. The molecule has 0 atom stereocenters. The summed E-state index contributed by atoms with van der Waals surface area (Å²) in [4.78, 5) is 0.132.